The van der Waals surface area contributed by atoms with Gasteiger partial charge in [0, 0.05) is 12.5 Å². The molecule has 0 unspecified atom stereocenters. The van der Waals surface area contributed by atoms with E-state index in [1.165, 1.54) is 0 Å². The number of nitrogens with one attached hydrogen (secondary N) is 1. The first-order valence-electron chi connectivity index (χ1n) is 15.2. The monoisotopic (exact) mass is 609 g/mol. The molecule has 1 N–H and O–H groups in total. The largest absolute Gasteiger partial charge is 0.465 e. The third-order valence-electron chi connectivity index (χ3n) is 9.11. The summed E-state index contributed by atoms with van der Waals surface area (Å²) in [7, 11) is -2.11. The number of carbonyl (C=O) groups excluding carboxylic acids is 2. The molecule has 1 aliphatic carbocycles. The fraction of sp³-hybridized carbons (Fsp3) is 0.750. The molecule has 2 aliphatic rings. The maximum atomic E-state index is 13.3. The summed E-state index contributed by atoms with van der Waals surface area (Å²) in [6.07, 6.45) is 0.335. The molecule has 1 amide bonds. The van der Waals surface area contributed by atoms with Crippen LogP contribution >= 0.6 is 11.6 Å². The Kier molecular flexibility index (Phi) is 11.4. The highest BCUT2D eigenvalue weighted by Gasteiger charge is 2.62. The van der Waals surface area contributed by atoms with Crippen LogP contribution in [-0.4, -0.2) is 56.7 Å². The number of hydrogen-bond donors (Lipinski definition) is 1. The van der Waals surface area contributed by atoms with Gasteiger partial charge < -0.3 is 24.0 Å². The first-order valence-corrected chi connectivity index (χ1v) is 17.8. The van der Waals surface area contributed by atoms with Gasteiger partial charge in [-0.1, -0.05) is 71.9 Å². The third-order valence-corrected chi connectivity index (χ3v) is 15.9. The highest BCUT2D eigenvalue weighted by Crippen LogP contribution is 2.53. The van der Waals surface area contributed by atoms with Gasteiger partial charge in [-0.05, 0) is 61.2 Å². The maximum Gasteiger partial charge on any atom is 0.408 e. The van der Waals surface area contributed by atoms with Gasteiger partial charge in [0.25, 0.3) is 0 Å². The van der Waals surface area contributed by atoms with E-state index in [1.54, 1.807) is 0 Å². The number of fused-ring (bicyclic) bond motifs is 1. The van der Waals surface area contributed by atoms with Crippen molar-refractivity contribution >= 4 is 32.0 Å². The molecule has 41 heavy (non-hydrogen) atoms. The van der Waals surface area contributed by atoms with Crippen LogP contribution in [0.2, 0.25) is 16.6 Å². The van der Waals surface area contributed by atoms with Gasteiger partial charge in [0.1, 0.15) is 5.60 Å². The molecule has 1 aliphatic heterocycles. The summed E-state index contributed by atoms with van der Waals surface area (Å²) in [6, 6.07) is 9.92. The zero-order valence-corrected chi connectivity index (χ0v) is 28.3. The predicted octanol–water partition coefficient (Wildman–Crippen LogP) is 7.47. The van der Waals surface area contributed by atoms with Gasteiger partial charge in [-0.15, -0.1) is 11.6 Å². The van der Waals surface area contributed by atoms with Crippen molar-refractivity contribution < 1.29 is 28.2 Å². The van der Waals surface area contributed by atoms with Crippen molar-refractivity contribution in [3.63, 3.8) is 0 Å². The zero-order valence-electron chi connectivity index (χ0n) is 26.5. The Morgan fingerprint density at radius 2 is 1.68 bits per heavy atom. The van der Waals surface area contributed by atoms with Crippen LogP contribution in [0.25, 0.3) is 0 Å². The average Bonchev–Trinajstić information content (AvgIpc) is 3.07. The van der Waals surface area contributed by atoms with E-state index in [9.17, 15) is 9.59 Å². The van der Waals surface area contributed by atoms with Crippen molar-refractivity contribution in [3.8, 4) is 0 Å². The molecule has 3 rings (SSSR count). The molecule has 1 aromatic rings. The predicted molar refractivity (Wildman–Crippen MR) is 166 cm³/mol. The van der Waals surface area contributed by atoms with E-state index < -0.39 is 30.9 Å². The lowest BCUT2D eigenvalue weighted by molar-refractivity contribution is -0.153. The Morgan fingerprint density at radius 1 is 1.07 bits per heavy atom. The van der Waals surface area contributed by atoms with Crippen molar-refractivity contribution in [2.24, 2.45) is 17.8 Å². The van der Waals surface area contributed by atoms with E-state index in [-0.39, 0.29) is 43.4 Å². The van der Waals surface area contributed by atoms with Gasteiger partial charge >= 0.3 is 12.1 Å². The fourth-order valence-corrected chi connectivity index (χ4v) is 13.6. The van der Waals surface area contributed by atoms with Crippen LogP contribution < -0.4 is 5.32 Å². The summed E-state index contributed by atoms with van der Waals surface area (Å²) in [5, 5.41) is 2.65. The van der Waals surface area contributed by atoms with Crippen LogP contribution in [-0.2, 0) is 30.0 Å². The van der Waals surface area contributed by atoms with Gasteiger partial charge in [-0.2, -0.15) is 0 Å². The van der Waals surface area contributed by atoms with E-state index in [0.29, 0.717) is 36.3 Å². The van der Waals surface area contributed by atoms with Crippen LogP contribution in [0, 0.1) is 17.8 Å². The number of alkyl halides is 1. The topological polar surface area (TPSA) is 83.1 Å². The second-order valence-electron chi connectivity index (χ2n) is 13.8. The van der Waals surface area contributed by atoms with Gasteiger partial charge in [-0.3, -0.25) is 4.79 Å². The van der Waals surface area contributed by atoms with Crippen molar-refractivity contribution in [2.75, 3.05) is 19.8 Å². The summed E-state index contributed by atoms with van der Waals surface area (Å²) in [6.45, 7) is 20.5. The Balaban J connectivity index is 1.95. The maximum absolute atomic E-state index is 13.3. The van der Waals surface area contributed by atoms with Crippen LogP contribution in [0.3, 0.4) is 0 Å². The molecular weight excluding hydrogens is 558 g/mol. The molecule has 1 saturated heterocycles. The summed E-state index contributed by atoms with van der Waals surface area (Å²) in [5.41, 5.74) is 0.736. The number of esters is 1. The number of ether oxygens (including phenoxy) is 3. The summed E-state index contributed by atoms with van der Waals surface area (Å²) in [5.74, 6) is -0.566. The van der Waals surface area contributed by atoms with Gasteiger partial charge in [0.2, 0.25) is 0 Å². The van der Waals surface area contributed by atoms with Crippen molar-refractivity contribution in [2.45, 2.75) is 115 Å². The number of benzene rings is 1. The number of alkyl carbamates (subject to hydrolysis) is 1. The smallest absolute Gasteiger partial charge is 0.408 e. The number of halogens is 1. The number of hydrogen-bond acceptors (Lipinski definition) is 6. The van der Waals surface area contributed by atoms with Crippen LogP contribution in [0.15, 0.2) is 30.3 Å². The van der Waals surface area contributed by atoms with E-state index in [0.717, 1.165) is 5.56 Å². The highest BCUT2D eigenvalue weighted by molar-refractivity contribution is 6.77. The molecule has 1 aromatic carbocycles. The number of rotatable bonds is 12. The fourth-order valence-electron chi connectivity index (χ4n) is 7.54. The first-order chi connectivity index (χ1) is 19.1. The van der Waals surface area contributed by atoms with E-state index >= 15 is 0 Å². The number of amides is 1. The first kappa shape index (κ1) is 33.9. The minimum atomic E-state index is -2.11. The lowest BCUT2D eigenvalue weighted by Crippen LogP contribution is -2.61. The van der Waals surface area contributed by atoms with Crippen molar-refractivity contribution in [3.05, 3.63) is 35.9 Å². The summed E-state index contributed by atoms with van der Waals surface area (Å²) in [4.78, 5) is 25.7. The lowest BCUT2D eigenvalue weighted by atomic mass is 9.80. The molecule has 232 valence electrons. The second-order valence-corrected chi connectivity index (χ2v) is 19.8. The highest BCUT2D eigenvalue weighted by atomic mass is 35.5. The molecule has 9 heteroatoms. The molecule has 7 nitrogen and oxygen atoms in total. The molecule has 0 spiro atoms. The van der Waals surface area contributed by atoms with Gasteiger partial charge in [-0.25, -0.2) is 4.79 Å². The van der Waals surface area contributed by atoms with Crippen molar-refractivity contribution in [1.29, 1.82) is 0 Å². The van der Waals surface area contributed by atoms with Crippen LogP contribution in [0.5, 0.6) is 0 Å². The van der Waals surface area contributed by atoms with Crippen LogP contribution in [0.1, 0.15) is 80.7 Å². The average molecular weight is 610 g/mol. The van der Waals surface area contributed by atoms with Gasteiger partial charge in [0.05, 0.1) is 37.2 Å². The number of cyclic esters (lactones) is 1. The SMILES string of the molecule is CC(C)[Si](OCC[C@@H]1[C@@H]2COC(=O)C[C@@H]2[C@@H](Cl)[C@]1(COCc1ccccc1)NC(=O)OC(C)(C)C)(C(C)C)C(C)C. The standard InChI is InChI=1S/C32H52ClNO6Si/c1-21(2)41(22(3)4,23(5)6)39-16-15-27-26-19-38-28(35)17-25(26)29(33)32(27,34-30(36)40-31(7,8)9)20-37-18-24-13-11-10-12-14-24/h10-14,21-23,25-27,29H,15-20H2,1-9H3,(H,34,36)/t25-,26+,27+,29+,32+/m0/s1. The molecule has 0 bridgehead atoms. The zero-order chi connectivity index (χ0) is 30.6. The van der Waals surface area contributed by atoms with Gasteiger partial charge in [0.15, 0.2) is 8.32 Å². The molecule has 1 heterocycles. The molecular formula is C32H52ClNO6Si. The Hall–Kier alpha value is -1.61. The normalized spacial score (nSPS) is 26.8. The van der Waals surface area contributed by atoms with Crippen molar-refractivity contribution in [1.82, 2.24) is 5.32 Å². The Morgan fingerprint density at radius 3 is 2.24 bits per heavy atom. The minimum Gasteiger partial charge on any atom is -0.465 e. The molecule has 2 fully saturated rings. The lowest BCUT2D eigenvalue weighted by Gasteiger charge is -2.44. The van der Waals surface area contributed by atoms with E-state index in [2.05, 4.69) is 46.9 Å². The molecule has 5 atom stereocenters. The van der Waals surface area contributed by atoms with Crippen LogP contribution in [0.4, 0.5) is 4.79 Å². The summed E-state index contributed by atoms with van der Waals surface area (Å²) >= 11 is 7.30. The third kappa shape index (κ3) is 7.67. The minimum absolute atomic E-state index is 0.0257. The molecule has 1 saturated carbocycles. The number of carbonyl (C=O) groups is 2. The second kappa shape index (κ2) is 13.8. The Labute approximate surface area is 253 Å². The molecule has 0 radical (unpaired) electrons. The molecule has 0 aromatic heterocycles. The summed E-state index contributed by atoms with van der Waals surface area (Å²) < 4.78 is 24.6. The van der Waals surface area contributed by atoms with E-state index in [1.807, 2.05) is 51.1 Å². The van der Waals surface area contributed by atoms with E-state index in [4.69, 9.17) is 30.2 Å². The Bertz CT molecular complexity index is 991. The quantitative estimate of drug-likeness (QED) is 0.150.